The summed E-state index contributed by atoms with van der Waals surface area (Å²) >= 11 is 1.69. The first-order chi connectivity index (χ1) is 8.58. The standard InChI is InChI=1S/C12H13N3O2S/c1-7-5-9(18-8(7)2)6-13-11-10(12(16)17)3-4-14-15-11/h3-5H,6H2,1-2H3,(H,13,15)(H,16,17). The molecule has 0 saturated heterocycles. The Labute approximate surface area is 109 Å². The molecule has 2 rings (SSSR count). The summed E-state index contributed by atoms with van der Waals surface area (Å²) in [5.41, 5.74) is 1.38. The molecule has 0 atom stereocenters. The molecule has 0 aliphatic rings. The number of carboxylic acid groups (broad SMARTS) is 1. The molecule has 0 radical (unpaired) electrons. The lowest BCUT2D eigenvalue weighted by Crippen LogP contribution is -2.08. The number of rotatable bonds is 4. The Morgan fingerprint density at radius 1 is 1.50 bits per heavy atom. The molecule has 2 heterocycles. The number of aromatic nitrogens is 2. The highest BCUT2D eigenvalue weighted by Gasteiger charge is 2.11. The van der Waals surface area contributed by atoms with Crippen molar-refractivity contribution in [2.24, 2.45) is 0 Å². The van der Waals surface area contributed by atoms with Gasteiger partial charge in [-0.25, -0.2) is 4.79 Å². The number of carbonyl (C=O) groups is 1. The molecule has 6 heteroatoms. The molecule has 5 nitrogen and oxygen atoms in total. The molecule has 0 spiro atoms. The monoisotopic (exact) mass is 263 g/mol. The highest BCUT2D eigenvalue weighted by molar-refractivity contribution is 7.12. The quantitative estimate of drug-likeness (QED) is 0.886. The number of nitrogens with zero attached hydrogens (tertiary/aromatic N) is 2. The third kappa shape index (κ3) is 2.65. The van der Waals surface area contributed by atoms with Gasteiger partial charge in [0.2, 0.25) is 0 Å². The minimum atomic E-state index is -1.01. The first-order valence-electron chi connectivity index (χ1n) is 5.42. The fourth-order valence-electron chi connectivity index (χ4n) is 1.54. The molecule has 2 N–H and O–H groups in total. The van der Waals surface area contributed by atoms with Crippen LogP contribution in [0.25, 0.3) is 0 Å². The summed E-state index contributed by atoms with van der Waals surface area (Å²) < 4.78 is 0. The van der Waals surface area contributed by atoms with Gasteiger partial charge in [0, 0.05) is 9.75 Å². The third-order valence-corrected chi connectivity index (χ3v) is 3.75. The van der Waals surface area contributed by atoms with Crippen molar-refractivity contribution in [1.82, 2.24) is 10.2 Å². The minimum absolute atomic E-state index is 0.134. The first-order valence-corrected chi connectivity index (χ1v) is 6.24. The van der Waals surface area contributed by atoms with Crippen molar-refractivity contribution in [3.8, 4) is 0 Å². The Balaban J connectivity index is 2.13. The third-order valence-electron chi connectivity index (χ3n) is 2.60. The molecule has 2 aromatic heterocycles. The maximum absolute atomic E-state index is 11.0. The van der Waals surface area contributed by atoms with Gasteiger partial charge in [0.15, 0.2) is 5.82 Å². The van der Waals surface area contributed by atoms with Gasteiger partial charge in [-0.15, -0.1) is 16.4 Å². The number of thiophene rings is 1. The van der Waals surface area contributed by atoms with Gasteiger partial charge in [-0.1, -0.05) is 0 Å². The number of hydrogen-bond donors (Lipinski definition) is 2. The second-order valence-electron chi connectivity index (χ2n) is 3.90. The van der Waals surface area contributed by atoms with Gasteiger partial charge in [0.1, 0.15) is 5.56 Å². The van der Waals surface area contributed by atoms with Crippen molar-refractivity contribution >= 4 is 23.1 Å². The SMILES string of the molecule is Cc1cc(CNc2nnccc2C(=O)O)sc1C. The van der Waals surface area contributed by atoms with Crippen LogP contribution in [0.3, 0.4) is 0 Å². The van der Waals surface area contributed by atoms with Crippen LogP contribution in [0.2, 0.25) is 0 Å². The largest absolute Gasteiger partial charge is 0.478 e. The Morgan fingerprint density at radius 2 is 2.28 bits per heavy atom. The maximum atomic E-state index is 11.0. The van der Waals surface area contributed by atoms with E-state index in [4.69, 9.17) is 5.11 Å². The van der Waals surface area contributed by atoms with Crippen LogP contribution >= 0.6 is 11.3 Å². The van der Waals surface area contributed by atoms with Crippen molar-refractivity contribution in [2.45, 2.75) is 20.4 Å². The number of anilines is 1. The van der Waals surface area contributed by atoms with E-state index in [0.717, 1.165) is 4.88 Å². The number of nitrogens with one attached hydrogen (secondary N) is 1. The molecule has 0 fully saturated rings. The predicted molar refractivity (Wildman–Crippen MR) is 70.1 cm³/mol. The van der Waals surface area contributed by atoms with Crippen LogP contribution in [0.15, 0.2) is 18.3 Å². The summed E-state index contributed by atoms with van der Waals surface area (Å²) in [7, 11) is 0. The lowest BCUT2D eigenvalue weighted by molar-refractivity contribution is 0.0697. The number of hydrogen-bond acceptors (Lipinski definition) is 5. The van der Waals surface area contributed by atoms with Crippen LogP contribution in [0.1, 0.15) is 25.7 Å². The summed E-state index contributed by atoms with van der Waals surface area (Å²) in [5.74, 6) is -0.709. The number of carboxylic acids is 1. The van der Waals surface area contributed by atoms with Gasteiger partial charge in [0.05, 0.1) is 12.7 Å². The van der Waals surface area contributed by atoms with Crippen LogP contribution in [0.4, 0.5) is 5.82 Å². The number of aryl methyl sites for hydroxylation is 2. The van der Waals surface area contributed by atoms with Crippen LogP contribution in [-0.2, 0) is 6.54 Å². The number of aromatic carboxylic acids is 1. The Hall–Kier alpha value is -1.95. The molecule has 0 aliphatic heterocycles. The van der Waals surface area contributed by atoms with E-state index in [-0.39, 0.29) is 5.56 Å². The lowest BCUT2D eigenvalue weighted by atomic mass is 10.2. The summed E-state index contributed by atoms with van der Waals surface area (Å²) in [5, 5.41) is 19.5. The summed E-state index contributed by atoms with van der Waals surface area (Å²) in [6.07, 6.45) is 1.37. The second-order valence-corrected chi connectivity index (χ2v) is 5.24. The molecule has 0 aromatic carbocycles. The van der Waals surface area contributed by atoms with Gasteiger partial charge < -0.3 is 10.4 Å². The Morgan fingerprint density at radius 3 is 2.89 bits per heavy atom. The van der Waals surface area contributed by atoms with Crippen molar-refractivity contribution in [3.05, 3.63) is 39.2 Å². The van der Waals surface area contributed by atoms with E-state index in [1.165, 1.54) is 22.7 Å². The molecule has 94 valence electrons. The van der Waals surface area contributed by atoms with E-state index in [1.807, 2.05) is 0 Å². The van der Waals surface area contributed by atoms with E-state index in [1.54, 1.807) is 11.3 Å². The molecule has 2 aromatic rings. The van der Waals surface area contributed by atoms with Crippen LogP contribution in [0, 0.1) is 13.8 Å². The zero-order valence-corrected chi connectivity index (χ0v) is 10.9. The molecular formula is C12H13N3O2S. The second kappa shape index (κ2) is 5.14. The van der Waals surface area contributed by atoms with Crippen LogP contribution < -0.4 is 5.32 Å². The predicted octanol–water partition coefficient (Wildman–Crippen LogP) is 2.47. The smallest absolute Gasteiger partial charge is 0.339 e. The van der Waals surface area contributed by atoms with E-state index in [0.29, 0.717) is 12.4 Å². The first kappa shape index (κ1) is 12.5. The normalized spacial score (nSPS) is 10.3. The Kier molecular flexibility index (Phi) is 3.57. The van der Waals surface area contributed by atoms with Gasteiger partial charge in [-0.05, 0) is 31.5 Å². The van der Waals surface area contributed by atoms with Crippen molar-refractivity contribution < 1.29 is 9.90 Å². The van der Waals surface area contributed by atoms with Crippen molar-refractivity contribution in [2.75, 3.05) is 5.32 Å². The van der Waals surface area contributed by atoms with Crippen LogP contribution in [-0.4, -0.2) is 21.3 Å². The van der Waals surface area contributed by atoms with Crippen molar-refractivity contribution in [1.29, 1.82) is 0 Å². The van der Waals surface area contributed by atoms with E-state index < -0.39 is 5.97 Å². The highest BCUT2D eigenvalue weighted by Crippen LogP contribution is 2.21. The summed E-state index contributed by atoms with van der Waals surface area (Å²) in [4.78, 5) is 13.4. The van der Waals surface area contributed by atoms with Gasteiger partial charge in [-0.2, -0.15) is 5.10 Å². The molecular weight excluding hydrogens is 250 g/mol. The fraction of sp³-hybridized carbons (Fsp3) is 0.250. The van der Waals surface area contributed by atoms with Crippen molar-refractivity contribution in [3.63, 3.8) is 0 Å². The zero-order valence-electron chi connectivity index (χ0n) is 10.1. The summed E-state index contributed by atoms with van der Waals surface area (Å²) in [6, 6.07) is 3.52. The lowest BCUT2D eigenvalue weighted by Gasteiger charge is -2.05. The average Bonchev–Trinajstić information content (AvgIpc) is 2.66. The molecule has 0 aliphatic carbocycles. The minimum Gasteiger partial charge on any atom is -0.478 e. The van der Waals surface area contributed by atoms with Gasteiger partial charge in [0.25, 0.3) is 0 Å². The van der Waals surface area contributed by atoms with E-state index in [2.05, 4.69) is 35.4 Å². The molecule has 0 unspecified atom stereocenters. The van der Waals surface area contributed by atoms with E-state index in [9.17, 15) is 4.79 Å². The molecule has 0 amide bonds. The summed E-state index contributed by atoms with van der Waals surface area (Å²) in [6.45, 7) is 4.67. The van der Waals surface area contributed by atoms with Gasteiger partial charge in [-0.3, -0.25) is 0 Å². The highest BCUT2D eigenvalue weighted by atomic mass is 32.1. The topological polar surface area (TPSA) is 75.1 Å². The Bertz CT molecular complexity index is 561. The zero-order chi connectivity index (χ0) is 13.1. The molecule has 0 saturated carbocycles. The fourth-order valence-corrected chi connectivity index (χ4v) is 2.54. The van der Waals surface area contributed by atoms with Gasteiger partial charge >= 0.3 is 5.97 Å². The van der Waals surface area contributed by atoms with Crippen LogP contribution in [0.5, 0.6) is 0 Å². The molecule has 18 heavy (non-hydrogen) atoms. The maximum Gasteiger partial charge on any atom is 0.339 e. The van der Waals surface area contributed by atoms with E-state index >= 15 is 0 Å². The average molecular weight is 263 g/mol. The molecule has 0 bridgehead atoms.